The van der Waals surface area contributed by atoms with E-state index < -0.39 is 27.7 Å². The molecule has 1 rings (SSSR count). The lowest BCUT2D eigenvalue weighted by Gasteiger charge is -2.21. The number of hydrogen-bond acceptors (Lipinski definition) is 3. The summed E-state index contributed by atoms with van der Waals surface area (Å²) in [5.41, 5.74) is 5.07. The summed E-state index contributed by atoms with van der Waals surface area (Å²) < 4.78 is 61.4. The number of hydrogen-bond donors (Lipinski definition) is 1. The van der Waals surface area contributed by atoms with Crippen molar-refractivity contribution in [2.75, 3.05) is 12.3 Å². The number of nitrogens with two attached hydrogens (primary N) is 1. The Kier molecular flexibility index (Phi) is 4.83. The molecule has 0 aliphatic heterocycles. The molecule has 0 bridgehead atoms. The monoisotopic (exact) mass is 273 g/mol. The summed E-state index contributed by atoms with van der Waals surface area (Å²) in [7, 11) is -4.13. The lowest BCUT2D eigenvalue weighted by Crippen LogP contribution is -2.40. The highest BCUT2D eigenvalue weighted by atomic mass is 32.2. The Morgan fingerprint density at radius 3 is 2.18 bits per heavy atom. The SMILES string of the molecule is NCCC(C(F)(F)F)S(=O)(=O)CC1CCCC1. The van der Waals surface area contributed by atoms with Gasteiger partial charge < -0.3 is 5.73 Å². The fourth-order valence-electron chi connectivity index (χ4n) is 2.32. The first-order chi connectivity index (χ1) is 7.77. The fourth-order valence-corrected chi connectivity index (χ4v) is 4.45. The summed E-state index contributed by atoms with van der Waals surface area (Å²) in [6, 6.07) is 0. The summed E-state index contributed by atoms with van der Waals surface area (Å²) in [6.07, 6.45) is -2.00. The van der Waals surface area contributed by atoms with Crippen LogP contribution in [0.1, 0.15) is 32.1 Å². The molecule has 0 aromatic carbocycles. The molecule has 1 unspecified atom stereocenters. The van der Waals surface area contributed by atoms with Crippen LogP contribution in [-0.2, 0) is 9.84 Å². The van der Waals surface area contributed by atoms with Crippen LogP contribution < -0.4 is 5.73 Å². The van der Waals surface area contributed by atoms with Crippen LogP contribution >= 0.6 is 0 Å². The van der Waals surface area contributed by atoms with Gasteiger partial charge in [0.1, 0.15) is 0 Å². The van der Waals surface area contributed by atoms with Crippen molar-refractivity contribution in [3.8, 4) is 0 Å². The third-order valence-corrected chi connectivity index (χ3v) is 5.48. The molecule has 0 amide bonds. The highest BCUT2D eigenvalue weighted by molar-refractivity contribution is 7.92. The van der Waals surface area contributed by atoms with Gasteiger partial charge in [0.2, 0.25) is 0 Å². The third-order valence-electron chi connectivity index (χ3n) is 3.17. The van der Waals surface area contributed by atoms with Gasteiger partial charge in [-0.2, -0.15) is 13.2 Å². The minimum atomic E-state index is -4.71. The van der Waals surface area contributed by atoms with Gasteiger partial charge in [-0.25, -0.2) is 8.42 Å². The Balaban J connectivity index is 2.76. The van der Waals surface area contributed by atoms with Crippen molar-refractivity contribution in [2.45, 2.75) is 43.5 Å². The zero-order valence-electron chi connectivity index (χ0n) is 9.54. The van der Waals surface area contributed by atoms with Crippen molar-refractivity contribution < 1.29 is 21.6 Å². The van der Waals surface area contributed by atoms with Crippen LogP contribution in [0.4, 0.5) is 13.2 Å². The van der Waals surface area contributed by atoms with E-state index in [1.54, 1.807) is 0 Å². The second-order valence-corrected chi connectivity index (χ2v) is 6.82. The average Bonchev–Trinajstić information content (AvgIpc) is 2.63. The van der Waals surface area contributed by atoms with E-state index >= 15 is 0 Å². The molecular weight excluding hydrogens is 255 g/mol. The maximum Gasteiger partial charge on any atom is 0.405 e. The Hall–Kier alpha value is -0.300. The number of sulfone groups is 1. The van der Waals surface area contributed by atoms with Gasteiger partial charge in [0.05, 0.1) is 5.75 Å². The molecule has 0 radical (unpaired) electrons. The molecule has 0 aromatic heterocycles. The maximum atomic E-state index is 12.6. The molecule has 102 valence electrons. The van der Waals surface area contributed by atoms with Crippen molar-refractivity contribution in [3.05, 3.63) is 0 Å². The van der Waals surface area contributed by atoms with E-state index in [1.807, 2.05) is 0 Å². The Morgan fingerprint density at radius 1 is 1.24 bits per heavy atom. The maximum absolute atomic E-state index is 12.6. The Morgan fingerprint density at radius 2 is 1.76 bits per heavy atom. The molecule has 1 aliphatic carbocycles. The molecule has 0 aromatic rings. The molecule has 1 saturated carbocycles. The highest BCUT2D eigenvalue weighted by Crippen LogP contribution is 2.33. The predicted octanol–water partition coefficient (Wildman–Crippen LogP) is 1.87. The topological polar surface area (TPSA) is 60.2 Å². The largest absolute Gasteiger partial charge is 0.405 e. The first-order valence-corrected chi connectivity index (χ1v) is 7.47. The van der Waals surface area contributed by atoms with E-state index in [0.717, 1.165) is 12.8 Å². The van der Waals surface area contributed by atoms with Crippen LogP contribution in [0, 0.1) is 5.92 Å². The third kappa shape index (κ3) is 4.13. The first-order valence-electron chi connectivity index (χ1n) is 5.75. The van der Waals surface area contributed by atoms with Crippen LogP contribution in [0.3, 0.4) is 0 Å². The van der Waals surface area contributed by atoms with Gasteiger partial charge in [-0.15, -0.1) is 0 Å². The van der Waals surface area contributed by atoms with E-state index in [2.05, 4.69) is 0 Å². The average molecular weight is 273 g/mol. The van der Waals surface area contributed by atoms with Crippen molar-refractivity contribution in [1.29, 1.82) is 0 Å². The normalized spacial score (nSPS) is 20.7. The molecule has 7 heteroatoms. The van der Waals surface area contributed by atoms with Crippen molar-refractivity contribution in [1.82, 2.24) is 0 Å². The van der Waals surface area contributed by atoms with Crippen molar-refractivity contribution in [2.24, 2.45) is 11.7 Å². The van der Waals surface area contributed by atoms with Gasteiger partial charge in [-0.05, 0) is 31.7 Å². The summed E-state index contributed by atoms with van der Waals surface area (Å²) in [4.78, 5) is 0. The molecule has 17 heavy (non-hydrogen) atoms. The van der Waals surface area contributed by atoms with Gasteiger partial charge in [0.15, 0.2) is 15.1 Å². The molecule has 1 atom stereocenters. The summed E-state index contributed by atoms with van der Waals surface area (Å²) in [5.74, 6) is -0.459. The first kappa shape index (κ1) is 14.8. The summed E-state index contributed by atoms with van der Waals surface area (Å²) in [5, 5.41) is -2.29. The lowest BCUT2D eigenvalue weighted by atomic mass is 10.1. The summed E-state index contributed by atoms with van der Waals surface area (Å²) in [6.45, 7) is -0.270. The molecule has 2 N–H and O–H groups in total. The predicted molar refractivity (Wildman–Crippen MR) is 59.3 cm³/mol. The zero-order valence-corrected chi connectivity index (χ0v) is 10.4. The summed E-state index contributed by atoms with van der Waals surface area (Å²) >= 11 is 0. The van der Waals surface area contributed by atoms with Gasteiger partial charge in [-0.3, -0.25) is 0 Å². The smallest absolute Gasteiger partial charge is 0.330 e. The van der Waals surface area contributed by atoms with Crippen LogP contribution in [0.15, 0.2) is 0 Å². The van der Waals surface area contributed by atoms with E-state index in [0.29, 0.717) is 12.8 Å². The van der Waals surface area contributed by atoms with Crippen molar-refractivity contribution >= 4 is 9.84 Å². The van der Waals surface area contributed by atoms with E-state index in [1.165, 1.54) is 0 Å². The zero-order chi connectivity index (χ0) is 13.1. The van der Waals surface area contributed by atoms with Gasteiger partial charge in [0.25, 0.3) is 0 Å². The fraction of sp³-hybridized carbons (Fsp3) is 1.00. The quantitative estimate of drug-likeness (QED) is 0.832. The van der Waals surface area contributed by atoms with Gasteiger partial charge in [-0.1, -0.05) is 12.8 Å². The molecule has 1 aliphatic rings. The van der Waals surface area contributed by atoms with Gasteiger partial charge >= 0.3 is 6.18 Å². The Labute approximate surface area is 99.5 Å². The molecule has 1 fully saturated rings. The van der Waals surface area contributed by atoms with E-state index in [4.69, 9.17) is 5.73 Å². The van der Waals surface area contributed by atoms with E-state index in [-0.39, 0.29) is 18.2 Å². The Bertz CT molecular complexity index is 334. The van der Waals surface area contributed by atoms with E-state index in [9.17, 15) is 21.6 Å². The van der Waals surface area contributed by atoms with Gasteiger partial charge in [0, 0.05) is 0 Å². The lowest BCUT2D eigenvalue weighted by molar-refractivity contribution is -0.131. The second kappa shape index (κ2) is 5.56. The van der Waals surface area contributed by atoms with Crippen molar-refractivity contribution in [3.63, 3.8) is 0 Å². The molecule has 0 spiro atoms. The molecular formula is C10H18F3NO2S. The van der Waals surface area contributed by atoms with Crippen LogP contribution in [0.5, 0.6) is 0 Å². The van der Waals surface area contributed by atoms with Crippen LogP contribution in [0.2, 0.25) is 0 Å². The molecule has 0 saturated heterocycles. The van der Waals surface area contributed by atoms with Crippen LogP contribution in [0.25, 0.3) is 0 Å². The number of halogens is 3. The number of rotatable bonds is 5. The second-order valence-electron chi connectivity index (χ2n) is 4.59. The molecule has 3 nitrogen and oxygen atoms in total. The standard InChI is InChI=1S/C10H18F3NO2S/c11-10(12,13)9(5-6-14)17(15,16)7-8-3-1-2-4-8/h8-9H,1-7,14H2. The van der Waals surface area contributed by atoms with Crippen LogP contribution in [-0.4, -0.2) is 32.1 Å². The number of alkyl halides is 3. The minimum absolute atomic E-state index is 0.109. The minimum Gasteiger partial charge on any atom is -0.330 e. The molecule has 0 heterocycles. The highest BCUT2D eigenvalue weighted by Gasteiger charge is 2.48.